The maximum absolute atomic E-state index is 11.8. The standard InChI is InChI=1S/C35H42ClN7O5/c1-7-9-15-29-38-33(36)31(32(45)30-28(44)19-26(21(3)37-30)35(46-5)47-6)42(29)20-23-16-17-25(24-13-11-10-12-14-24)27(18-23)34-39-40-41-43(34)22(4)48-8-2/h10-14,16-19,22,32,35,44-45H,7-9,15,20H2,1-6H3. The molecule has 2 unspecified atom stereocenters. The third-order valence-corrected chi connectivity index (χ3v) is 8.53. The second-order valence-corrected chi connectivity index (χ2v) is 11.8. The van der Waals surface area contributed by atoms with Gasteiger partial charge in [-0.2, -0.15) is 4.68 Å². The maximum atomic E-state index is 11.8. The number of unbranched alkanes of at least 4 members (excludes halogenated alkanes) is 1. The van der Waals surface area contributed by atoms with Gasteiger partial charge in [0, 0.05) is 50.6 Å². The van der Waals surface area contributed by atoms with Crippen LogP contribution in [0.5, 0.6) is 5.75 Å². The van der Waals surface area contributed by atoms with E-state index < -0.39 is 12.4 Å². The van der Waals surface area contributed by atoms with Gasteiger partial charge in [0.15, 0.2) is 23.5 Å². The van der Waals surface area contributed by atoms with Crippen LogP contribution in [0.1, 0.15) is 86.3 Å². The van der Waals surface area contributed by atoms with Gasteiger partial charge in [-0.15, -0.1) is 5.10 Å². The van der Waals surface area contributed by atoms with Crippen LogP contribution < -0.4 is 0 Å². The number of hydrogen-bond acceptors (Lipinski definition) is 10. The molecule has 0 radical (unpaired) electrons. The second kappa shape index (κ2) is 15.8. The lowest BCUT2D eigenvalue weighted by atomic mass is 9.96. The zero-order chi connectivity index (χ0) is 34.4. The minimum atomic E-state index is -1.38. The van der Waals surface area contributed by atoms with Gasteiger partial charge in [-0.25, -0.2) is 4.98 Å². The Morgan fingerprint density at radius 2 is 1.73 bits per heavy atom. The van der Waals surface area contributed by atoms with Crippen molar-refractivity contribution in [3.05, 3.63) is 93.8 Å². The summed E-state index contributed by atoms with van der Waals surface area (Å²) < 4.78 is 20.1. The molecule has 2 aromatic carbocycles. The average molecular weight is 676 g/mol. The number of hydrogen-bond donors (Lipinski definition) is 2. The summed E-state index contributed by atoms with van der Waals surface area (Å²) >= 11 is 6.78. The van der Waals surface area contributed by atoms with Crippen LogP contribution in [0.25, 0.3) is 22.5 Å². The molecule has 0 spiro atoms. The van der Waals surface area contributed by atoms with Gasteiger partial charge in [0.25, 0.3) is 0 Å². The Labute approximate surface area is 285 Å². The Hall–Kier alpha value is -4.20. The predicted octanol–water partition coefficient (Wildman–Crippen LogP) is 6.59. The first-order valence-corrected chi connectivity index (χ1v) is 16.4. The first-order chi connectivity index (χ1) is 23.2. The lowest BCUT2D eigenvalue weighted by molar-refractivity contribution is -0.106. The Bertz CT molecular complexity index is 1820. The number of aryl methyl sites for hydroxylation is 2. The molecule has 3 aromatic heterocycles. The van der Waals surface area contributed by atoms with E-state index in [9.17, 15) is 10.2 Å². The van der Waals surface area contributed by atoms with Crippen LogP contribution in [0.3, 0.4) is 0 Å². The number of pyridine rings is 1. The highest BCUT2D eigenvalue weighted by Crippen LogP contribution is 2.37. The molecule has 12 nitrogen and oxygen atoms in total. The summed E-state index contributed by atoms with van der Waals surface area (Å²) in [7, 11) is 3.00. The molecule has 0 saturated carbocycles. The molecule has 254 valence electrons. The van der Waals surface area contributed by atoms with Crippen LogP contribution in [0.2, 0.25) is 5.15 Å². The SMILES string of the molecule is CCCCc1nc(Cl)c(C(O)c2nc(C)c(C(OC)OC)cc2O)n1Cc1ccc(-c2ccccc2)c(-c2nnnn2C(C)OCC)c1. The van der Waals surface area contributed by atoms with Crippen molar-refractivity contribution in [2.75, 3.05) is 20.8 Å². The average Bonchev–Trinajstić information content (AvgIpc) is 3.70. The summed E-state index contributed by atoms with van der Waals surface area (Å²) in [6.07, 6.45) is -0.0304. The number of aromatic hydroxyl groups is 1. The number of benzene rings is 2. The maximum Gasteiger partial charge on any atom is 0.185 e. The van der Waals surface area contributed by atoms with E-state index in [1.807, 2.05) is 66.9 Å². The highest BCUT2D eigenvalue weighted by atomic mass is 35.5. The van der Waals surface area contributed by atoms with Gasteiger partial charge in [-0.05, 0) is 66.4 Å². The molecule has 5 aromatic rings. The van der Waals surface area contributed by atoms with Gasteiger partial charge in [0.2, 0.25) is 0 Å². The largest absolute Gasteiger partial charge is 0.506 e. The van der Waals surface area contributed by atoms with Crippen LogP contribution in [0, 0.1) is 6.92 Å². The predicted molar refractivity (Wildman–Crippen MR) is 181 cm³/mol. The van der Waals surface area contributed by atoms with E-state index >= 15 is 0 Å². The highest BCUT2D eigenvalue weighted by molar-refractivity contribution is 6.30. The minimum Gasteiger partial charge on any atom is -0.506 e. The molecule has 0 aliphatic carbocycles. The molecule has 0 saturated heterocycles. The number of aliphatic hydroxyl groups is 1. The third kappa shape index (κ3) is 7.27. The number of aliphatic hydroxyl groups excluding tert-OH is 1. The lowest BCUT2D eigenvalue weighted by Gasteiger charge is -2.21. The molecule has 0 aliphatic heterocycles. The summed E-state index contributed by atoms with van der Waals surface area (Å²) in [5, 5.41) is 35.6. The fourth-order valence-corrected chi connectivity index (χ4v) is 6.15. The van der Waals surface area contributed by atoms with Crippen molar-refractivity contribution in [1.29, 1.82) is 0 Å². The Morgan fingerprint density at radius 1 is 0.979 bits per heavy atom. The molecule has 3 heterocycles. The van der Waals surface area contributed by atoms with Crippen molar-refractivity contribution in [1.82, 2.24) is 34.7 Å². The first-order valence-electron chi connectivity index (χ1n) is 16.0. The summed E-state index contributed by atoms with van der Waals surface area (Å²) in [5.74, 6) is 1.05. The topological polar surface area (TPSA) is 142 Å². The van der Waals surface area contributed by atoms with Gasteiger partial charge in [-0.1, -0.05) is 67.4 Å². The molecule has 2 atom stereocenters. The highest BCUT2D eigenvalue weighted by Gasteiger charge is 2.29. The third-order valence-electron chi connectivity index (χ3n) is 8.25. The van der Waals surface area contributed by atoms with E-state index in [4.69, 9.17) is 25.8 Å². The number of halogens is 1. The molecule has 13 heteroatoms. The van der Waals surface area contributed by atoms with Gasteiger partial charge in [0.1, 0.15) is 23.4 Å². The van der Waals surface area contributed by atoms with Crippen molar-refractivity contribution >= 4 is 11.6 Å². The van der Waals surface area contributed by atoms with Crippen molar-refractivity contribution in [2.45, 2.75) is 72.1 Å². The molecule has 5 rings (SSSR count). The van der Waals surface area contributed by atoms with Gasteiger partial charge >= 0.3 is 0 Å². The summed E-state index contributed by atoms with van der Waals surface area (Å²) in [6.45, 7) is 8.52. The quantitative estimate of drug-likeness (QED) is 0.117. The molecule has 0 aliphatic rings. The number of aromatic nitrogens is 7. The number of nitrogens with zero attached hydrogens (tertiary/aromatic N) is 7. The van der Waals surface area contributed by atoms with Crippen LogP contribution in [0.4, 0.5) is 0 Å². The summed E-state index contributed by atoms with van der Waals surface area (Å²) in [5.41, 5.74) is 5.13. The fourth-order valence-electron chi connectivity index (χ4n) is 5.85. The Kier molecular flexibility index (Phi) is 11.6. The van der Waals surface area contributed by atoms with Gasteiger partial charge < -0.3 is 29.0 Å². The summed E-state index contributed by atoms with van der Waals surface area (Å²) in [4.78, 5) is 9.24. The second-order valence-electron chi connectivity index (χ2n) is 11.4. The molecule has 48 heavy (non-hydrogen) atoms. The van der Waals surface area contributed by atoms with E-state index in [1.165, 1.54) is 20.3 Å². The number of ether oxygens (including phenoxy) is 3. The van der Waals surface area contributed by atoms with Gasteiger partial charge in [0.05, 0.1) is 5.69 Å². The number of tetrazole rings is 1. The van der Waals surface area contributed by atoms with Crippen molar-refractivity contribution in [2.24, 2.45) is 0 Å². The number of rotatable bonds is 15. The molecular weight excluding hydrogens is 634 g/mol. The Morgan fingerprint density at radius 3 is 2.42 bits per heavy atom. The number of methoxy groups -OCH3 is 2. The zero-order valence-corrected chi connectivity index (χ0v) is 28.8. The fraction of sp³-hybridized carbons (Fsp3) is 0.400. The number of imidazole rings is 1. The minimum absolute atomic E-state index is 0.0523. The monoisotopic (exact) mass is 675 g/mol. The normalized spacial score (nSPS) is 12.9. The summed E-state index contributed by atoms with van der Waals surface area (Å²) in [6, 6.07) is 17.6. The van der Waals surface area contributed by atoms with Crippen molar-refractivity contribution < 1.29 is 24.4 Å². The smallest absolute Gasteiger partial charge is 0.185 e. The molecular formula is C35H42ClN7O5. The van der Waals surface area contributed by atoms with Crippen molar-refractivity contribution in [3.8, 4) is 28.3 Å². The Balaban J connectivity index is 1.62. The van der Waals surface area contributed by atoms with Crippen molar-refractivity contribution in [3.63, 3.8) is 0 Å². The van der Waals surface area contributed by atoms with E-state index in [0.29, 0.717) is 48.2 Å². The van der Waals surface area contributed by atoms with E-state index in [-0.39, 0.29) is 22.8 Å². The molecule has 0 fully saturated rings. The van der Waals surface area contributed by atoms with E-state index in [0.717, 1.165) is 35.1 Å². The van der Waals surface area contributed by atoms with Gasteiger partial charge in [-0.3, -0.25) is 4.98 Å². The van der Waals surface area contributed by atoms with Crippen LogP contribution >= 0.6 is 11.6 Å². The first kappa shape index (κ1) is 35.1. The molecule has 0 bridgehead atoms. The lowest BCUT2D eigenvalue weighted by Crippen LogP contribution is -2.16. The van der Waals surface area contributed by atoms with Crippen LogP contribution in [-0.2, 0) is 27.2 Å². The van der Waals surface area contributed by atoms with Crippen LogP contribution in [-0.4, -0.2) is 65.8 Å². The zero-order valence-electron chi connectivity index (χ0n) is 28.1. The molecule has 2 N–H and O–H groups in total. The van der Waals surface area contributed by atoms with E-state index in [2.05, 4.69) is 32.4 Å². The van der Waals surface area contributed by atoms with E-state index in [1.54, 1.807) is 11.6 Å². The molecule has 0 amide bonds. The van der Waals surface area contributed by atoms with Crippen LogP contribution in [0.15, 0.2) is 54.6 Å².